The number of rotatable bonds is 9. The minimum absolute atomic E-state index is 0.104. The molecule has 36 heavy (non-hydrogen) atoms. The Bertz CT molecular complexity index is 1260. The maximum atomic E-state index is 13.0. The Balaban J connectivity index is 1.66. The zero-order valence-corrected chi connectivity index (χ0v) is 19.4. The van der Waals surface area contributed by atoms with Crippen molar-refractivity contribution in [2.24, 2.45) is 0 Å². The number of likely N-dealkylation sites (N-methyl/N-ethyl adjacent to an activating group) is 1. The fourth-order valence-electron chi connectivity index (χ4n) is 3.26. The number of nitrogens with one attached hydrogen (secondary N) is 2. The van der Waals surface area contributed by atoms with Crippen LogP contribution >= 0.6 is 0 Å². The molecule has 0 heterocycles. The summed E-state index contributed by atoms with van der Waals surface area (Å²) in [4.78, 5) is 63.5. The van der Waals surface area contributed by atoms with Crippen LogP contribution < -0.4 is 20.4 Å². The van der Waals surface area contributed by atoms with Crippen molar-refractivity contribution in [3.05, 3.63) is 90.5 Å². The highest BCUT2D eigenvalue weighted by molar-refractivity contribution is 6.40. The molecule has 10 heteroatoms. The summed E-state index contributed by atoms with van der Waals surface area (Å²) in [5.41, 5.74) is 1.22. The number of para-hydroxylation sites is 2. The second-order valence-corrected chi connectivity index (χ2v) is 7.63. The number of anilines is 3. The van der Waals surface area contributed by atoms with Crippen LogP contribution in [-0.4, -0.2) is 54.8 Å². The van der Waals surface area contributed by atoms with E-state index in [1.807, 2.05) is 6.07 Å². The van der Waals surface area contributed by atoms with Crippen molar-refractivity contribution < 1.29 is 29.1 Å². The Morgan fingerprint density at radius 1 is 0.778 bits per heavy atom. The number of hydrogen-bond donors (Lipinski definition) is 3. The van der Waals surface area contributed by atoms with E-state index in [9.17, 15) is 24.0 Å². The third-order valence-corrected chi connectivity index (χ3v) is 5.16. The molecule has 0 aliphatic rings. The van der Waals surface area contributed by atoms with E-state index < -0.39 is 30.2 Å². The van der Waals surface area contributed by atoms with Gasteiger partial charge in [-0.3, -0.25) is 14.4 Å². The molecule has 0 saturated carbocycles. The number of nitrogens with zero attached hydrogens (tertiary/aromatic N) is 2. The van der Waals surface area contributed by atoms with Gasteiger partial charge in [-0.2, -0.15) is 0 Å². The van der Waals surface area contributed by atoms with Crippen LogP contribution in [0.25, 0.3) is 0 Å². The third kappa shape index (κ3) is 6.76. The largest absolute Gasteiger partial charge is 0.475 e. The number of benzene rings is 3. The number of ketones is 1. The summed E-state index contributed by atoms with van der Waals surface area (Å²) in [6.45, 7) is -0.673. The predicted octanol–water partition coefficient (Wildman–Crippen LogP) is 2.77. The maximum absolute atomic E-state index is 13.0. The van der Waals surface area contributed by atoms with E-state index in [1.165, 1.54) is 34.1 Å². The smallest absolute Gasteiger partial charge is 0.377 e. The van der Waals surface area contributed by atoms with E-state index in [-0.39, 0.29) is 23.7 Å². The quantitative estimate of drug-likeness (QED) is 0.313. The zero-order chi connectivity index (χ0) is 26.1. The summed E-state index contributed by atoms with van der Waals surface area (Å²) >= 11 is 0. The number of carbonyl (C=O) groups excluding carboxylic acids is 4. The zero-order valence-electron chi connectivity index (χ0n) is 19.4. The first-order valence-electron chi connectivity index (χ1n) is 10.9. The van der Waals surface area contributed by atoms with Crippen LogP contribution in [0, 0.1) is 0 Å². The Kier molecular flexibility index (Phi) is 8.49. The molecule has 0 aliphatic heterocycles. The average Bonchev–Trinajstić information content (AvgIpc) is 2.90. The van der Waals surface area contributed by atoms with Crippen molar-refractivity contribution in [3.8, 4) is 0 Å². The molecule has 3 rings (SSSR count). The van der Waals surface area contributed by atoms with Crippen molar-refractivity contribution in [3.63, 3.8) is 0 Å². The molecule has 3 aromatic carbocycles. The van der Waals surface area contributed by atoms with E-state index >= 15 is 0 Å². The van der Waals surface area contributed by atoms with Gasteiger partial charge in [0, 0.05) is 29.7 Å². The summed E-state index contributed by atoms with van der Waals surface area (Å²) in [6, 6.07) is 22.2. The van der Waals surface area contributed by atoms with Crippen LogP contribution in [-0.2, 0) is 14.4 Å². The standard InChI is InChI=1S/C26H24N4O6/c1-29(20-11-4-2-5-12-20)23(32)17-30(21-13-6-3-7-14-21)22(31)16-27-26(36)28-19-10-8-9-18(15-19)24(33)25(34)35/h2-15H,16-17H2,1H3,(H,34,35)(H2,27,28,36). The van der Waals surface area contributed by atoms with Gasteiger partial charge >= 0.3 is 12.0 Å². The second kappa shape index (κ2) is 11.9. The molecule has 0 aliphatic carbocycles. The summed E-state index contributed by atoms with van der Waals surface area (Å²) < 4.78 is 0. The highest BCUT2D eigenvalue weighted by atomic mass is 16.4. The normalized spacial score (nSPS) is 10.1. The Labute approximate surface area is 207 Å². The minimum Gasteiger partial charge on any atom is -0.475 e. The summed E-state index contributed by atoms with van der Waals surface area (Å²) in [6.07, 6.45) is 0. The number of urea groups is 1. The molecule has 10 nitrogen and oxygen atoms in total. The van der Waals surface area contributed by atoms with Gasteiger partial charge in [0.2, 0.25) is 11.8 Å². The van der Waals surface area contributed by atoms with Crippen LogP contribution in [0.1, 0.15) is 10.4 Å². The molecule has 3 N–H and O–H groups in total. The van der Waals surface area contributed by atoms with Gasteiger partial charge in [-0.15, -0.1) is 0 Å². The van der Waals surface area contributed by atoms with Crippen molar-refractivity contribution in [2.45, 2.75) is 0 Å². The molecule has 3 aromatic rings. The Morgan fingerprint density at radius 3 is 2.00 bits per heavy atom. The van der Waals surface area contributed by atoms with Crippen molar-refractivity contribution >= 4 is 46.7 Å². The van der Waals surface area contributed by atoms with Gasteiger partial charge in [0.25, 0.3) is 5.78 Å². The lowest BCUT2D eigenvalue weighted by Gasteiger charge is -2.25. The summed E-state index contributed by atoms with van der Waals surface area (Å²) in [7, 11) is 1.61. The molecule has 0 bridgehead atoms. The van der Waals surface area contributed by atoms with Crippen LogP contribution in [0.4, 0.5) is 21.9 Å². The maximum Gasteiger partial charge on any atom is 0.377 e. The lowest BCUT2D eigenvalue weighted by molar-refractivity contribution is -0.131. The van der Waals surface area contributed by atoms with Crippen molar-refractivity contribution in [1.29, 1.82) is 0 Å². The van der Waals surface area contributed by atoms with Gasteiger partial charge in [-0.1, -0.05) is 48.5 Å². The Morgan fingerprint density at radius 2 is 1.39 bits per heavy atom. The van der Waals surface area contributed by atoms with Gasteiger partial charge in [0.05, 0.1) is 6.54 Å². The lowest BCUT2D eigenvalue weighted by atomic mass is 10.1. The van der Waals surface area contributed by atoms with E-state index in [0.29, 0.717) is 11.4 Å². The molecular formula is C26H24N4O6. The molecule has 0 spiro atoms. The molecule has 4 amide bonds. The van der Waals surface area contributed by atoms with Crippen molar-refractivity contribution in [2.75, 3.05) is 35.3 Å². The fraction of sp³-hybridized carbons (Fsp3) is 0.115. The van der Waals surface area contributed by atoms with Gasteiger partial charge in [-0.05, 0) is 36.4 Å². The molecule has 0 aromatic heterocycles. The fourth-order valence-corrected chi connectivity index (χ4v) is 3.26. The minimum atomic E-state index is -1.62. The van der Waals surface area contributed by atoms with Crippen LogP contribution in [0.5, 0.6) is 0 Å². The highest BCUT2D eigenvalue weighted by Crippen LogP contribution is 2.16. The van der Waals surface area contributed by atoms with Gasteiger partial charge in [-0.25, -0.2) is 9.59 Å². The first-order valence-corrected chi connectivity index (χ1v) is 10.9. The van der Waals surface area contributed by atoms with E-state index in [1.54, 1.807) is 61.6 Å². The van der Waals surface area contributed by atoms with E-state index in [4.69, 9.17) is 5.11 Å². The van der Waals surface area contributed by atoms with Crippen LogP contribution in [0.15, 0.2) is 84.9 Å². The second-order valence-electron chi connectivity index (χ2n) is 7.63. The van der Waals surface area contributed by atoms with E-state index in [2.05, 4.69) is 10.6 Å². The molecule has 0 unspecified atom stereocenters. The molecular weight excluding hydrogens is 464 g/mol. The molecule has 0 radical (unpaired) electrons. The number of aliphatic carboxylic acids is 1. The first kappa shape index (κ1) is 25.6. The first-order chi connectivity index (χ1) is 17.3. The topological polar surface area (TPSA) is 136 Å². The van der Waals surface area contributed by atoms with Gasteiger partial charge < -0.3 is 25.5 Å². The molecule has 0 saturated heterocycles. The van der Waals surface area contributed by atoms with Crippen LogP contribution in [0.2, 0.25) is 0 Å². The predicted molar refractivity (Wildman–Crippen MR) is 134 cm³/mol. The van der Waals surface area contributed by atoms with E-state index in [0.717, 1.165) is 0 Å². The summed E-state index contributed by atoms with van der Waals surface area (Å²) in [5.74, 6) is -3.59. The molecule has 0 atom stereocenters. The third-order valence-electron chi connectivity index (χ3n) is 5.16. The Hall–Kier alpha value is -4.99. The average molecular weight is 489 g/mol. The number of carboxylic acid groups (broad SMARTS) is 1. The molecule has 0 fully saturated rings. The number of hydrogen-bond acceptors (Lipinski definition) is 5. The number of carbonyl (C=O) groups is 5. The lowest BCUT2D eigenvalue weighted by Crippen LogP contribution is -2.46. The number of amides is 4. The van der Waals surface area contributed by atoms with Gasteiger partial charge in [0.1, 0.15) is 6.54 Å². The number of Topliss-reactive ketones (excluding diaryl/α,β-unsaturated/α-hetero) is 1. The highest BCUT2D eigenvalue weighted by Gasteiger charge is 2.22. The monoisotopic (exact) mass is 488 g/mol. The molecule has 184 valence electrons. The number of carboxylic acids is 1. The summed E-state index contributed by atoms with van der Waals surface area (Å²) in [5, 5.41) is 13.7. The van der Waals surface area contributed by atoms with Crippen molar-refractivity contribution in [1.82, 2.24) is 5.32 Å². The SMILES string of the molecule is CN(C(=O)CN(C(=O)CNC(=O)Nc1cccc(C(=O)C(=O)O)c1)c1ccccc1)c1ccccc1. The van der Waals surface area contributed by atoms with Gasteiger partial charge in [0.15, 0.2) is 0 Å². The van der Waals surface area contributed by atoms with Crippen LogP contribution in [0.3, 0.4) is 0 Å².